The van der Waals surface area contributed by atoms with Crippen LogP contribution in [0.1, 0.15) is 31.2 Å². The molecule has 3 rings (SSSR count). The molecule has 0 aliphatic carbocycles. The van der Waals surface area contributed by atoms with E-state index in [4.69, 9.17) is 5.73 Å². The van der Waals surface area contributed by atoms with E-state index in [2.05, 4.69) is 40.1 Å². The van der Waals surface area contributed by atoms with Gasteiger partial charge in [-0.25, -0.2) is 0 Å². The van der Waals surface area contributed by atoms with Crippen LogP contribution in [0.4, 0.5) is 0 Å². The molecule has 1 aromatic carbocycles. The molecule has 2 fully saturated rings. The highest BCUT2D eigenvalue weighted by atomic mass is 16.1. The molecule has 0 unspecified atom stereocenters. The Kier molecular flexibility index (Phi) is 5.68. The first kappa shape index (κ1) is 16.5. The quantitative estimate of drug-likeness (QED) is 0.903. The summed E-state index contributed by atoms with van der Waals surface area (Å²) in [6.07, 6.45) is 5.67. The van der Waals surface area contributed by atoms with Crippen molar-refractivity contribution < 1.29 is 4.79 Å². The maximum atomic E-state index is 11.4. The number of nitrogens with zero attached hydrogens (tertiary/aromatic N) is 2. The van der Waals surface area contributed by atoms with E-state index in [1.54, 1.807) is 0 Å². The van der Waals surface area contributed by atoms with Gasteiger partial charge in [-0.05, 0) is 57.3 Å². The monoisotopic (exact) mass is 315 g/mol. The number of carbonyl (C=O) groups is 1. The fraction of sp³-hybridized carbons (Fsp3) is 0.632. The summed E-state index contributed by atoms with van der Waals surface area (Å²) in [6.45, 7) is 5.52. The smallest absolute Gasteiger partial charge is 0.221 e. The van der Waals surface area contributed by atoms with Crippen LogP contribution in [0.3, 0.4) is 0 Å². The van der Waals surface area contributed by atoms with Crippen LogP contribution in [0.25, 0.3) is 0 Å². The van der Waals surface area contributed by atoms with Gasteiger partial charge in [0.25, 0.3) is 0 Å². The molecule has 2 N–H and O–H groups in total. The van der Waals surface area contributed by atoms with Gasteiger partial charge < -0.3 is 10.6 Å². The van der Waals surface area contributed by atoms with Crippen LogP contribution >= 0.6 is 0 Å². The topological polar surface area (TPSA) is 49.6 Å². The second-order valence-corrected chi connectivity index (χ2v) is 7.04. The Balaban J connectivity index is 1.42. The maximum Gasteiger partial charge on any atom is 0.221 e. The van der Waals surface area contributed by atoms with E-state index in [-0.39, 0.29) is 11.8 Å². The van der Waals surface area contributed by atoms with E-state index in [1.165, 1.54) is 31.5 Å². The molecule has 0 radical (unpaired) electrons. The van der Waals surface area contributed by atoms with Crippen molar-refractivity contribution in [1.29, 1.82) is 0 Å². The number of primary amides is 1. The molecule has 2 aliphatic rings. The summed E-state index contributed by atoms with van der Waals surface area (Å²) in [4.78, 5) is 16.5. The van der Waals surface area contributed by atoms with Crippen LogP contribution in [0.15, 0.2) is 30.3 Å². The fourth-order valence-corrected chi connectivity index (χ4v) is 4.01. The van der Waals surface area contributed by atoms with Gasteiger partial charge in [-0.1, -0.05) is 30.3 Å². The van der Waals surface area contributed by atoms with Crippen LogP contribution in [0.5, 0.6) is 0 Å². The summed E-state index contributed by atoms with van der Waals surface area (Å²) in [5.74, 6) is -0.0464. The molecule has 1 atom stereocenters. The summed E-state index contributed by atoms with van der Waals surface area (Å²) in [6, 6.07) is 11.4. The van der Waals surface area contributed by atoms with Gasteiger partial charge in [-0.2, -0.15) is 0 Å². The minimum absolute atomic E-state index is 0.0693. The lowest BCUT2D eigenvalue weighted by atomic mass is 9.93. The molecule has 2 aliphatic heterocycles. The third-order valence-corrected chi connectivity index (χ3v) is 5.49. The molecule has 1 aromatic rings. The van der Waals surface area contributed by atoms with Crippen molar-refractivity contribution >= 4 is 5.91 Å². The van der Waals surface area contributed by atoms with Crippen molar-refractivity contribution in [2.24, 2.45) is 11.7 Å². The number of piperidine rings is 2. The lowest BCUT2D eigenvalue weighted by molar-refractivity contribution is -0.123. The zero-order valence-corrected chi connectivity index (χ0v) is 14.0. The largest absolute Gasteiger partial charge is 0.369 e. The minimum atomic E-state index is -0.116. The summed E-state index contributed by atoms with van der Waals surface area (Å²) >= 11 is 0. The number of rotatable bonds is 5. The van der Waals surface area contributed by atoms with E-state index < -0.39 is 0 Å². The molecule has 0 bridgehead atoms. The fourth-order valence-electron chi connectivity index (χ4n) is 4.01. The van der Waals surface area contributed by atoms with Crippen LogP contribution in [-0.2, 0) is 11.2 Å². The van der Waals surface area contributed by atoms with Gasteiger partial charge >= 0.3 is 0 Å². The summed E-state index contributed by atoms with van der Waals surface area (Å²) < 4.78 is 0. The zero-order chi connectivity index (χ0) is 16.1. The highest BCUT2D eigenvalue weighted by Gasteiger charge is 2.30. The number of amides is 1. The van der Waals surface area contributed by atoms with Gasteiger partial charge in [0.05, 0.1) is 5.92 Å². The molecule has 2 heterocycles. The van der Waals surface area contributed by atoms with Gasteiger partial charge in [0.2, 0.25) is 5.91 Å². The molecular weight excluding hydrogens is 286 g/mol. The Morgan fingerprint density at radius 2 is 1.83 bits per heavy atom. The van der Waals surface area contributed by atoms with Crippen molar-refractivity contribution in [3.8, 4) is 0 Å². The van der Waals surface area contributed by atoms with E-state index in [0.717, 1.165) is 38.9 Å². The molecular formula is C19H29N3O. The van der Waals surface area contributed by atoms with Crippen molar-refractivity contribution in [2.75, 3.05) is 32.7 Å². The van der Waals surface area contributed by atoms with Crippen molar-refractivity contribution in [3.63, 3.8) is 0 Å². The summed E-state index contributed by atoms with van der Waals surface area (Å²) in [7, 11) is 0. The van der Waals surface area contributed by atoms with Gasteiger partial charge in [-0.3, -0.25) is 9.69 Å². The first-order valence-corrected chi connectivity index (χ1v) is 9.02. The predicted molar refractivity (Wildman–Crippen MR) is 93.1 cm³/mol. The lowest BCUT2D eigenvalue weighted by Gasteiger charge is -2.41. The van der Waals surface area contributed by atoms with Crippen LogP contribution in [-0.4, -0.2) is 54.5 Å². The molecule has 4 nitrogen and oxygen atoms in total. The normalized spacial score (nSPS) is 24.6. The molecule has 4 heteroatoms. The molecule has 0 saturated carbocycles. The highest BCUT2D eigenvalue weighted by Crippen LogP contribution is 2.23. The van der Waals surface area contributed by atoms with Gasteiger partial charge in [0, 0.05) is 19.1 Å². The first-order valence-electron chi connectivity index (χ1n) is 9.02. The Hall–Kier alpha value is -1.39. The minimum Gasteiger partial charge on any atom is -0.369 e. The third kappa shape index (κ3) is 4.55. The van der Waals surface area contributed by atoms with Crippen LogP contribution in [0.2, 0.25) is 0 Å². The molecule has 0 aromatic heterocycles. The molecule has 23 heavy (non-hydrogen) atoms. The number of hydrogen-bond donors (Lipinski definition) is 1. The van der Waals surface area contributed by atoms with E-state index in [0.29, 0.717) is 6.04 Å². The van der Waals surface area contributed by atoms with Crippen molar-refractivity contribution in [3.05, 3.63) is 35.9 Å². The number of benzene rings is 1. The number of likely N-dealkylation sites (tertiary alicyclic amines) is 2. The first-order chi connectivity index (χ1) is 11.2. The van der Waals surface area contributed by atoms with E-state index in [9.17, 15) is 4.79 Å². The second-order valence-electron chi connectivity index (χ2n) is 7.04. The Bertz CT molecular complexity index is 497. The Labute approximate surface area is 139 Å². The number of carbonyl (C=O) groups excluding carboxylic acids is 1. The molecule has 2 saturated heterocycles. The van der Waals surface area contributed by atoms with Gasteiger partial charge in [-0.15, -0.1) is 0 Å². The van der Waals surface area contributed by atoms with Crippen LogP contribution < -0.4 is 5.73 Å². The average Bonchev–Trinajstić information content (AvgIpc) is 2.61. The lowest BCUT2D eigenvalue weighted by Crippen LogP contribution is -2.50. The summed E-state index contributed by atoms with van der Waals surface area (Å²) in [5, 5.41) is 0. The molecule has 126 valence electrons. The van der Waals surface area contributed by atoms with Crippen molar-refractivity contribution in [1.82, 2.24) is 9.80 Å². The summed E-state index contributed by atoms with van der Waals surface area (Å²) in [5.41, 5.74) is 6.93. The Morgan fingerprint density at radius 3 is 2.52 bits per heavy atom. The van der Waals surface area contributed by atoms with Gasteiger partial charge in [0.15, 0.2) is 0 Å². The standard InChI is InChI=1S/C19H29N3O/c20-19(23)17-7-4-11-22(15-17)18-9-13-21(14-10-18)12-8-16-5-2-1-3-6-16/h1-3,5-6,17-18H,4,7-15H2,(H2,20,23)/t17-/m1/s1. The van der Waals surface area contributed by atoms with Gasteiger partial charge in [0.1, 0.15) is 0 Å². The van der Waals surface area contributed by atoms with Crippen LogP contribution in [0, 0.1) is 5.92 Å². The third-order valence-electron chi connectivity index (χ3n) is 5.49. The average molecular weight is 315 g/mol. The maximum absolute atomic E-state index is 11.4. The van der Waals surface area contributed by atoms with E-state index >= 15 is 0 Å². The highest BCUT2D eigenvalue weighted by molar-refractivity contribution is 5.76. The molecule has 1 amide bonds. The Morgan fingerprint density at radius 1 is 1.09 bits per heavy atom. The zero-order valence-electron chi connectivity index (χ0n) is 14.0. The molecule has 0 spiro atoms. The predicted octanol–water partition coefficient (Wildman–Crippen LogP) is 1.89. The number of hydrogen-bond acceptors (Lipinski definition) is 3. The second kappa shape index (κ2) is 7.93. The van der Waals surface area contributed by atoms with Crippen molar-refractivity contribution in [2.45, 2.75) is 38.1 Å². The number of nitrogens with two attached hydrogens (primary N) is 1. The van der Waals surface area contributed by atoms with E-state index in [1.807, 2.05) is 0 Å². The SMILES string of the molecule is NC(=O)[C@@H]1CCCN(C2CCN(CCc3ccccc3)CC2)C1.